The van der Waals surface area contributed by atoms with E-state index in [-0.39, 0.29) is 13.2 Å². The summed E-state index contributed by atoms with van der Waals surface area (Å²) in [5, 5.41) is 11.0. The molecule has 0 aromatic heterocycles. The lowest BCUT2D eigenvalue weighted by Gasteiger charge is -2.06. The van der Waals surface area contributed by atoms with Crippen molar-refractivity contribution in [2.24, 2.45) is 4.99 Å². The molecule has 118 valence electrons. The van der Waals surface area contributed by atoms with Crippen molar-refractivity contribution in [3.63, 3.8) is 0 Å². The van der Waals surface area contributed by atoms with Crippen LogP contribution in [0.4, 0.5) is 0 Å². The summed E-state index contributed by atoms with van der Waals surface area (Å²) in [7, 11) is 0. The van der Waals surface area contributed by atoms with Crippen molar-refractivity contribution in [1.82, 2.24) is 0 Å². The molecule has 0 aliphatic heterocycles. The highest BCUT2D eigenvalue weighted by atomic mass is 16.6. The van der Waals surface area contributed by atoms with Gasteiger partial charge in [-0.2, -0.15) is 0 Å². The summed E-state index contributed by atoms with van der Waals surface area (Å²) >= 11 is 0. The molecule has 6 heteroatoms. The van der Waals surface area contributed by atoms with Crippen LogP contribution in [0.15, 0.2) is 65.7 Å². The van der Waals surface area contributed by atoms with Gasteiger partial charge in [-0.1, -0.05) is 60.7 Å². The number of ether oxygens (including phenoxy) is 1. The molecular formula is C17H16N2O4. The number of hydrogen-bond donors (Lipinski definition) is 0. The summed E-state index contributed by atoms with van der Waals surface area (Å²) in [4.78, 5) is 26.1. The Morgan fingerprint density at radius 2 is 1.65 bits per heavy atom. The Labute approximate surface area is 133 Å². The molecule has 2 aromatic carbocycles. The van der Waals surface area contributed by atoms with Crippen LogP contribution >= 0.6 is 0 Å². The van der Waals surface area contributed by atoms with E-state index in [0.717, 1.165) is 17.3 Å². The smallest absolute Gasteiger partial charge is 0.388 e. The molecule has 2 rings (SSSR count). The van der Waals surface area contributed by atoms with Crippen LogP contribution in [-0.2, 0) is 22.7 Å². The van der Waals surface area contributed by atoms with Crippen molar-refractivity contribution in [3.05, 3.63) is 81.9 Å². The molecule has 0 aliphatic carbocycles. The standard InChI is InChI=1S/C17H16N2O4/c20-17(23-13-15-9-5-2-6-10-15)16(19(21)22)12-18-11-14-7-3-1-4-8-14/h1-10,12,16H,11,13H2. The van der Waals surface area contributed by atoms with Gasteiger partial charge >= 0.3 is 12.0 Å². The lowest BCUT2D eigenvalue weighted by atomic mass is 10.2. The number of nitrogens with zero attached hydrogens (tertiary/aromatic N) is 2. The van der Waals surface area contributed by atoms with Crippen molar-refractivity contribution < 1.29 is 14.5 Å². The average Bonchev–Trinajstić information content (AvgIpc) is 2.58. The maximum Gasteiger partial charge on any atom is 0.388 e. The molecule has 23 heavy (non-hydrogen) atoms. The molecule has 0 radical (unpaired) electrons. The zero-order valence-electron chi connectivity index (χ0n) is 12.4. The predicted molar refractivity (Wildman–Crippen MR) is 85.7 cm³/mol. The molecule has 0 saturated carbocycles. The number of hydrogen-bond acceptors (Lipinski definition) is 5. The van der Waals surface area contributed by atoms with Gasteiger partial charge in [0.15, 0.2) is 0 Å². The van der Waals surface area contributed by atoms with E-state index in [1.54, 1.807) is 24.3 Å². The van der Waals surface area contributed by atoms with Crippen molar-refractivity contribution in [3.8, 4) is 0 Å². The number of carbonyl (C=O) groups excluding carboxylic acids is 1. The van der Waals surface area contributed by atoms with E-state index in [4.69, 9.17) is 4.74 Å². The fourth-order valence-corrected chi connectivity index (χ4v) is 1.86. The summed E-state index contributed by atoms with van der Waals surface area (Å²) in [6, 6.07) is 16.7. The minimum atomic E-state index is -1.59. The molecule has 0 bridgehead atoms. The molecule has 0 heterocycles. The average molecular weight is 312 g/mol. The van der Waals surface area contributed by atoms with Crippen molar-refractivity contribution in [2.45, 2.75) is 19.2 Å². The number of aliphatic imine (C=N–C) groups is 1. The maximum absolute atomic E-state index is 11.8. The number of rotatable bonds is 7. The fraction of sp³-hybridized carbons (Fsp3) is 0.176. The van der Waals surface area contributed by atoms with Gasteiger partial charge in [0.1, 0.15) is 6.61 Å². The quantitative estimate of drug-likeness (QED) is 0.340. The lowest BCUT2D eigenvalue weighted by molar-refractivity contribution is -0.490. The summed E-state index contributed by atoms with van der Waals surface area (Å²) in [5.41, 5.74) is 1.67. The Hall–Kier alpha value is -3.02. The third-order valence-electron chi connectivity index (χ3n) is 3.06. The Balaban J connectivity index is 1.92. The topological polar surface area (TPSA) is 81.8 Å². The van der Waals surface area contributed by atoms with Crippen molar-refractivity contribution in [2.75, 3.05) is 0 Å². The van der Waals surface area contributed by atoms with E-state index in [1.165, 1.54) is 0 Å². The highest BCUT2D eigenvalue weighted by Crippen LogP contribution is 2.04. The van der Waals surface area contributed by atoms with Gasteiger partial charge in [-0.25, -0.2) is 4.79 Å². The van der Waals surface area contributed by atoms with E-state index >= 15 is 0 Å². The molecule has 6 nitrogen and oxygen atoms in total. The van der Waals surface area contributed by atoms with Crippen LogP contribution in [0.25, 0.3) is 0 Å². The van der Waals surface area contributed by atoms with Gasteiger partial charge in [-0.05, 0) is 11.1 Å². The molecule has 0 N–H and O–H groups in total. The summed E-state index contributed by atoms with van der Waals surface area (Å²) < 4.78 is 4.98. The molecule has 1 atom stereocenters. The van der Waals surface area contributed by atoms with E-state index in [9.17, 15) is 14.9 Å². The van der Waals surface area contributed by atoms with Gasteiger partial charge in [-0.15, -0.1) is 0 Å². The lowest BCUT2D eigenvalue weighted by Crippen LogP contribution is -2.32. The predicted octanol–water partition coefficient (Wildman–Crippen LogP) is 2.65. The first kappa shape index (κ1) is 16.4. The molecule has 0 amide bonds. The van der Waals surface area contributed by atoms with Crippen LogP contribution in [0.2, 0.25) is 0 Å². The molecular weight excluding hydrogens is 296 g/mol. The second-order valence-corrected chi connectivity index (χ2v) is 4.80. The van der Waals surface area contributed by atoms with Crippen LogP contribution in [0, 0.1) is 10.1 Å². The van der Waals surface area contributed by atoms with E-state index < -0.39 is 16.9 Å². The third-order valence-corrected chi connectivity index (χ3v) is 3.06. The first-order valence-electron chi connectivity index (χ1n) is 7.05. The number of carbonyl (C=O) groups is 1. The minimum absolute atomic E-state index is 0.00343. The molecule has 0 saturated heterocycles. The minimum Gasteiger partial charge on any atom is -0.455 e. The van der Waals surface area contributed by atoms with Crippen LogP contribution in [0.5, 0.6) is 0 Å². The first-order chi connectivity index (χ1) is 11.2. The Bertz CT molecular complexity index is 672. The third kappa shape index (κ3) is 5.35. The summed E-state index contributed by atoms with van der Waals surface area (Å²) in [6.45, 7) is 0.272. The van der Waals surface area contributed by atoms with Gasteiger partial charge in [0.05, 0.1) is 12.8 Å². The SMILES string of the molecule is O=C(OCc1ccccc1)C(C=NCc1ccccc1)[N+](=O)[O-]. The Morgan fingerprint density at radius 3 is 2.22 bits per heavy atom. The molecule has 2 aromatic rings. The van der Waals surface area contributed by atoms with Crippen LogP contribution in [-0.4, -0.2) is 23.1 Å². The van der Waals surface area contributed by atoms with E-state index in [2.05, 4.69) is 4.99 Å². The van der Waals surface area contributed by atoms with Gasteiger partial charge in [0, 0.05) is 4.92 Å². The largest absolute Gasteiger partial charge is 0.455 e. The highest BCUT2D eigenvalue weighted by molar-refractivity contribution is 5.92. The van der Waals surface area contributed by atoms with Gasteiger partial charge in [0.2, 0.25) is 0 Å². The number of esters is 1. The van der Waals surface area contributed by atoms with Gasteiger partial charge < -0.3 is 4.74 Å². The van der Waals surface area contributed by atoms with Crippen molar-refractivity contribution >= 4 is 12.2 Å². The molecule has 0 spiro atoms. The Morgan fingerprint density at radius 1 is 1.09 bits per heavy atom. The molecule has 0 aliphatic rings. The molecule has 1 unspecified atom stereocenters. The second-order valence-electron chi connectivity index (χ2n) is 4.80. The normalized spacial score (nSPS) is 12.0. The Kier molecular flexibility index (Phi) is 5.99. The monoisotopic (exact) mass is 312 g/mol. The van der Waals surface area contributed by atoms with Crippen LogP contribution in [0.1, 0.15) is 11.1 Å². The molecule has 0 fully saturated rings. The zero-order valence-corrected chi connectivity index (χ0v) is 12.4. The highest BCUT2D eigenvalue weighted by Gasteiger charge is 2.29. The van der Waals surface area contributed by atoms with Crippen molar-refractivity contribution in [1.29, 1.82) is 0 Å². The maximum atomic E-state index is 11.8. The summed E-state index contributed by atoms with van der Waals surface area (Å²) in [6.07, 6.45) is 1.03. The van der Waals surface area contributed by atoms with E-state index in [0.29, 0.717) is 0 Å². The number of benzene rings is 2. The van der Waals surface area contributed by atoms with Gasteiger partial charge in [-0.3, -0.25) is 15.1 Å². The fourth-order valence-electron chi connectivity index (χ4n) is 1.86. The van der Waals surface area contributed by atoms with Crippen LogP contribution in [0.3, 0.4) is 0 Å². The summed E-state index contributed by atoms with van der Waals surface area (Å²) in [5.74, 6) is -0.921. The van der Waals surface area contributed by atoms with Crippen LogP contribution < -0.4 is 0 Å². The first-order valence-corrected chi connectivity index (χ1v) is 7.05. The van der Waals surface area contributed by atoms with E-state index in [1.807, 2.05) is 36.4 Å². The van der Waals surface area contributed by atoms with Gasteiger partial charge in [0.25, 0.3) is 0 Å². The second kappa shape index (κ2) is 8.43. The zero-order chi connectivity index (χ0) is 16.5. The number of nitro groups is 1.